The average molecular weight is 499 g/mol. The van der Waals surface area contributed by atoms with E-state index in [1.165, 1.54) is 0 Å². The number of nitro benzene ring substituents is 1. The number of non-ortho nitro benzene ring substituents is 1. The number of halogens is 3. The first kappa shape index (κ1) is 23.4. The number of nitrogens with zero attached hydrogens (tertiary/aromatic N) is 3. The fraction of sp³-hybridized carbons (Fsp3) is 0.250. The number of nitro groups is 1. The summed E-state index contributed by atoms with van der Waals surface area (Å²) >= 11 is 0. The van der Waals surface area contributed by atoms with Crippen molar-refractivity contribution in [3.63, 3.8) is 0 Å². The van der Waals surface area contributed by atoms with Crippen molar-refractivity contribution >= 4 is 29.7 Å². The van der Waals surface area contributed by atoms with Crippen LogP contribution in [0.25, 0.3) is 0 Å². The van der Waals surface area contributed by atoms with Gasteiger partial charge in [0.25, 0.3) is 17.5 Å². The normalized spacial score (nSPS) is 24.6. The Labute approximate surface area is 201 Å². The van der Waals surface area contributed by atoms with Crippen molar-refractivity contribution < 1.29 is 37.2 Å². The van der Waals surface area contributed by atoms with Gasteiger partial charge in [-0.3, -0.25) is 19.7 Å². The Balaban J connectivity index is 1.42. The van der Waals surface area contributed by atoms with Crippen LogP contribution >= 0.6 is 0 Å². The van der Waals surface area contributed by atoms with Gasteiger partial charge in [-0.1, -0.05) is 18.2 Å². The third-order valence-electron chi connectivity index (χ3n) is 6.59. The molecule has 0 spiro atoms. The first-order valence-corrected chi connectivity index (χ1v) is 10.8. The molecule has 0 aromatic heterocycles. The molecule has 36 heavy (non-hydrogen) atoms. The molecule has 0 N–H and O–H groups in total. The van der Waals surface area contributed by atoms with Crippen LogP contribution in [-0.4, -0.2) is 33.9 Å². The molecule has 1 saturated carbocycles. The highest BCUT2D eigenvalue weighted by Gasteiger charge is 2.59. The molecule has 0 radical (unpaired) electrons. The van der Waals surface area contributed by atoms with Gasteiger partial charge in [-0.2, -0.15) is 23.3 Å². The topological polar surface area (TPSA) is 119 Å². The van der Waals surface area contributed by atoms with E-state index in [2.05, 4.69) is 5.10 Å². The predicted molar refractivity (Wildman–Crippen MR) is 117 cm³/mol. The van der Waals surface area contributed by atoms with Crippen LogP contribution in [0.2, 0.25) is 0 Å². The number of benzene rings is 2. The lowest BCUT2D eigenvalue weighted by molar-refractivity contribution is -0.384. The van der Waals surface area contributed by atoms with Crippen LogP contribution in [-0.2, 0) is 15.8 Å². The van der Waals surface area contributed by atoms with E-state index < -0.39 is 57.5 Å². The molecule has 1 heterocycles. The van der Waals surface area contributed by atoms with Gasteiger partial charge in [-0.25, -0.2) is 4.79 Å². The zero-order chi connectivity index (χ0) is 25.8. The summed E-state index contributed by atoms with van der Waals surface area (Å²) in [4.78, 5) is 48.7. The number of carbonyl (C=O) groups excluding carboxylic acids is 3. The highest BCUT2D eigenvalue weighted by atomic mass is 19.4. The summed E-state index contributed by atoms with van der Waals surface area (Å²) in [7, 11) is 0. The molecule has 12 heteroatoms. The summed E-state index contributed by atoms with van der Waals surface area (Å²) in [5, 5.41) is 15.9. The Hall–Kier alpha value is -4.35. The molecular formula is C24H16F3N3O6. The molecule has 3 aliphatic rings. The number of ether oxygens (including phenoxy) is 1. The fourth-order valence-corrected chi connectivity index (χ4v) is 4.94. The van der Waals surface area contributed by atoms with Crippen molar-refractivity contribution in [2.24, 2.45) is 28.8 Å². The van der Waals surface area contributed by atoms with E-state index in [9.17, 15) is 37.7 Å². The molecule has 9 nitrogen and oxygen atoms in total. The monoisotopic (exact) mass is 499 g/mol. The smallest absolute Gasteiger partial charge is 0.416 e. The maximum atomic E-state index is 13.0. The molecule has 1 aliphatic heterocycles. The highest BCUT2D eigenvalue weighted by molar-refractivity contribution is 6.07. The fourth-order valence-electron chi connectivity index (χ4n) is 4.94. The number of fused-ring (bicyclic) bond motifs is 5. The van der Waals surface area contributed by atoms with Gasteiger partial charge in [0.2, 0.25) is 0 Å². The lowest BCUT2D eigenvalue weighted by Crippen LogP contribution is -2.28. The van der Waals surface area contributed by atoms with Crippen molar-refractivity contribution in [2.75, 3.05) is 0 Å². The number of hydrogen-bond acceptors (Lipinski definition) is 7. The molecule has 1 saturated heterocycles. The van der Waals surface area contributed by atoms with Crippen LogP contribution in [0.3, 0.4) is 0 Å². The number of rotatable bonds is 5. The summed E-state index contributed by atoms with van der Waals surface area (Å²) < 4.78 is 44.2. The molecule has 0 unspecified atom stereocenters. The van der Waals surface area contributed by atoms with Crippen molar-refractivity contribution in [2.45, 2.75) is 12.6 Å². The van der Waals surface area contributed by atoms with Gasteiger partial charge in [0.15, 0.2) is 0 Å². The first-order chi connectivity index (χ1) is 17.0. The summed E-state index contributed by atoms with van der Waals surface area (Å²) in [6, 6.07) is 6.70. The minimum absolute atomic E-state index is 0.0431. The second kappa shape index (κ2) is 8.40. The van der Waals surface area contributed by atoms with Gasteiger partial charge in [-0.15, -0.1) is 0 Å². The largest absolute Gasteiger partial charge is 0.422 e. The third-order valence-corrected chi connectivity index (χ3v) is 6.59. The Morgan fingerprint density at radius 1 is 1.08 bits per heavy atom. The molecule has 2 amide bonds. The van der Waals surface area contributed by atoms with E-state index in [1.807, 2.05) is 12.2 Å². The molecule has 2 aliphatic carbocycles. The number of imide groups is 1. The quantitative estimate of drug-likeness (QED) is 0.117. The van der Waals surface area contributed by atoms with Crippen molar-refractivity contribution in [1.82, 2.24) is 5.01 Å². The number of esters is 1. The van der Waals surface area contributed by atoms with Crippen LogP contribution < -0.4 is 4.74 Å². The van der Waals surface area contributed by atoms with Gasteiger partial charge in [0, 0.05) is 17.7 Å². The molecule has 2 fully saturated rings. The van der Waals surface area contributed by atoms with Crippen LogP contribution in [0.4, 0.5) is 18.9 Å². The standard InChI is InChI=1S/C24H16F3N3O6/c25-24(26,27)16-3-1-2-14(9-16)23(33)36-18-7-6-17(30(34)35)10-15(18)11-28-29-21(31)19-12-4-5-13(8-12)20(19)22(29)32/h1-7,9-13,19-20H,8H2/t12-,13-,19-,20+/m0/s1. The minimum atomic E-state index is -4.68. The van der Waals surface area contributed by atoms with E-state index in [1.54, 1.807) is 0 Å². The Bertz CT molecular complexity index is 1340. The second-order valence-corrected chi connectivity index (χ2v) is 8.68. The second-order valence-electron chi connectivity index (χ2n) is 8.68. The molecule has 184 valence electrons. The lowest BCUT2D eigenvalue weighted by Gasteiger charge is -2.13. The molecule has 2 aromatic carbocycles. The van der Waals surface area contributed by atoms with Crippen LogP contribution in [0.1, 0.15) is 27.9 Å². The van der Waals surface area contributed by atoms with Crippen LogP contribution in [0, 0.1) is 33.8 Å². The number of hydrazone groups is 1. The summed E-state index contributed by atoms with van der Waals surface area (Å²) in [6.45, 7) is 0. The molecule has 5 rings (SSSR count). The van der Waals surface area contributed by atoms with Crippen molar-refractivity contribution in [3.05, 3.63) is 81.4 Å². The molecule has 4 atom stereocenters. The summed E-state index contributed by atoms with van der Waals surface area (Å²) in [5.74, 6) is -3.46. The summed E-state index contributed by atoms with van der Waals surface area (Å²) in [5.41, 5.74) is -1.97. The van der Waals surface area contributed by atoms with E-state index in [0.29, 0.717) is 6.07 Å². The number of allylic oxidation sites excluding steroid dienone is 2. The number of hydrogen-bond donors (Lipinski definition) is 0. The zero-order valence-electron chi connectivity index (χ0n) is 18.2. The van der Waals surface area contributed by atoms with Gasteiger partial charge < -0.3 is 4.74 Å². The Morgan fingerprint density at radius 2 is 1.75 bits per heavy atom. The number of alkyl halides is 3. The van der Waals surface area contributed by atoms with E-state index in [4.69, 9.17) is 4.74 Å². The first-order valence-electron chi connectivity index (χ1n) is 10.8. The average Bonchev–Trinajstić information content (AvgIpc) is 3.52. The number of amides is 2. The Kier molecular flexibility index (Phi) is 5.46. The van der Waals surface area contributed by atoms with Crippen molar-refractivity contribution in [1.29, 1.82) is 0 Å². The third kappa shape index (κ3) is 3.93. The zero-order valence-corrected chi connectivity index (χ0v) is 18.2. The van der Waals surface area contributed by atoms with Gasteiger partial charge in [0.05, 0.1) is 34.1 Å². The van der Waals surface area contributed by atoms with Crippen molar-refractivity contribution in [3.8, 4) is 5.75 Å². The highest BCUT2D eigenvalue weighted by Crippen LogP contribution is 2.52. The van der Waals surface area contributed by atoms with Crippen LogP contribution in [0.15, 0.2) is 59.7 Å². The predicted octanol–water partition coefficient (Wildman–Crippen LogP) is 3.97. The van der Waals surface area contributed by atoms with E-state index in [0.717, 1.165) is 54.0 Å². The maximum Gasteiger partial charge on any atom is 0.416 e. The van der Waals surface area contributed by atoms with Gasteiger partial charge >= 0.3 is 12.1 Å². The molecule has 2 bridgehead atoms. The van der Waals surface area contributed by atoms with Crippen LogP contribution in [0.5, 0.6) is 5.75 Å². The summed E-state index contributed by atoms with van der Waals surface area (Å²) in [6.07, 6.45) is 0.856. The molecular weight excluding hydrogens is 483 g/mol. The number of carbonyl (C=O) groups is 3. The maximum absolute atomic E-state index is 13.0. The lowest BCUT2D eigenvalue weighted by atomic mass is 9.85. The van der Waals surface area contributed by atoms with E-state index in [-0.39, 0.29) is 23.1 Å². The van der Waals surface area contributed by atoms with E-state index >= 15 is 0 Å². The van der Waals surface area contributed by atoms with Gasteiger partial charge in [0.1, 0.15) is 5.75 Å². The Morgan fingerprint density at radius 3 is 2.36 bits per heavy atom. The van der Waals surface area contributed by atoms with Gasteiger partial charge in [-0.05, 0) is 42.5 Å². The molecule has 2 aromatic rings. The minimum Gasteiger partial charge on any atom is -0.422 e. The SMILES string of the molecule is O=C(Oc1ccc([N+](=O)[O-])cc1C=NN1C(=O)[C@@H]2[C@H](C1=O)[C@H]1C=C[C@H]2C1)c1cccc(C(F)(F)F)c1.